The minimum atomic E-state index is -4.65. The Balaban J connectivity index is 1.78. The van der Waals surface area contributed by atoms with Crippen LogP contribution in [0.2, 0.25) is 5.02 Å². The van der Waals surface area contributed by atoms with Gasteiger partial charge in [0.25, 0.3) is 0 Å². The van der Waals surface area contributed by atoms with Crippen LogP contribution in [0.5, 0.6) is 0 Å². The summed E-state index contributed by atoms with van der Waals surface area (Å²) in [4.78, 5) is 12.4. The van der Waals surface area contributed by atoms with Crippen molar-refractivity contribution in [3.63, 3.8) is 0 Å². The standard InChI is InChI=1S/C21H20ClF3N4O2S/c1-13-5-3-6-14(11-13)19-27-28-20(29(19)9-10-31-2)32-12-17(30)26-18-15(21(23,24)25)7-4-8-16(18)22/h3-8,11H,9-10,12H2,1-2H3,(H,26,30). The van der Waals surface area contributed by atoms with Gasteiger partial charge in [0.1, 0.15) is 0 Å². The third-order valence-corrected chi connectivity index (χ3v) is 5.71. The molecule has 0 bridgehead atoms. The van der Waals surface area contributed by atoms with Crippen LogP contribution in [0, 0.1) is 6.92 Å². The van der Waals surface area contributed by atoms with Crippen LogP contribution in [0.4, 0.5) is 18.9 Å². The third kappa shape index (κ3) is 5.81. The zero-order chi connectivity index (χ0) is 23.3. The number of para-hydroxylation sites is 1. The lowest BCUT2D eigenvalue weighted by Gasteiger charge is -2.15. The first-order chi connectivity index (χ1) is 15.2. The zero-order valence-corrected chi connectivity index (χ0v) is 18.8. The monoisotopic (exact) mass is 484 g/mol. The first-order valence-electron chi connectivity index (χ1n) is 9.48. The van der Waals surface area contributed by atoms with Crippen molar-refractivity contribution in [2.75, 3.05) is 24.8 Å². The van der Waals surface area contributed by atoms with Crippen LogP contribution in [-0.2, 0) is 22.3 Å². The van der Waals surface area contributed by atoms with Crippen molar-refractivity contribution in [2.45, 2.75) is 24.8 Å². The van der Waals surface area contributed by atoms with E-state index >= 15 is 0 Å². The average molecular weight is 485 g/mol. The second-order valence-electron chi connectivity index (χ2n) is 6.82. The number of aryl methyl sites for hydroxylation is 1. The van der Waals surface area contributed by atoms with Crippen LogP contribution in [0.25, 0.3) is 11.4 Å². The Kier molecular flexibility index (Phi) is 7.81. The number of alkyl halides is 3. The number of aromatic nitrogens is 3. The maximum atomic E-state index is 13.2. The van der Waals surface area contributed by atoms with Crippen molar-refractivity contribution in [3.05, 3.63) is 58.6 Å². The quantitative estimate of drug-likeness (QED) is 0.439. The summed E-state index contributed by atoms with van der Waals surface area (Å²) in [5.41, 5.74) is 0.440. The van der Waals surface area contributed by atoms with Crippen LogP contribution in [0.1, 0.15) is 11.1 Å². The molecular formula is C21H20ClF3N4O2S. The lowest BCUT2D eigenvalue weighted by Crippen LogP contribution is -2.19. The molecule has 0 radical (unpaired) electrons. The van der Waals surface area contributed by atoms with Gasteiger partial charge in [-0.2, -0.15) is 13.2 Å². The number of rotatable bonds is 8. The van der Waals surface area contributed by atoms with E-state index in [-0.39, 0.29) is 10.8 Å². The summed E-state index contributed by atoms with van der Waals surface area (Å²) in [6.07, 6.45) is -4.65. The Morgan fingerprint density at radius 2 is 1.97 bits per heavy atom. The fourth-order valence-electron chi connectivity index (χ4n) is 2.97. The summed E-state index contributed by atoms with van der Waals surface area (Å²) < 4.78 is 46.7. The molecule has 1 aromatic heterocycles. The molecule has 0 spiro atoms. The summed E-state index contributed by atoms with van der Waals surface area (Å²) in [6, 6.07) is 11.1. The van der Waals surface area contributed by atoms with Gasteiger partial charge in [-0.05, 0) is 25.1 Å². The first kappa shape index (κ1) is 24.1. The van der Waals surface area contributed by atoms with Gasteiger partial charge in [0, 0.05) is 12.7 Å². The van der Waals surface area contributed by atoms with E-state index in [2.05, 4.69) is 15.5 Å². The van der Waals surface area contributed by atoms with Crippen LogP contribution in [-0.4, -0.2) is 40.1 Å². The Hall–Kier alpha value is -2.56. The number of anilines is 1. The van der Waals surface area contributed by atoms with Crippen molar-refractivity contribution in [2.24, 2.45) is 0 Å². The van der Waals surface area contributed by atoms with Gasteiger partial charge >= 0.3 is 6.18 Å². The summed E-state index contributed by atoms with van der Waals surface area (Å²) in [7, 11) is 1.57. The van der Waals surface area contributed by atoms with E-state index in [1.165, 1.54) is 12.1 Å². The van der Waals surface area contributed by atoms with E-state index in [1.54, 1.807) is 7.11 Å². The van der Waals surface area contributed by atoms with Gasteiger partial charge in [-0.25, -0.2) is 0 Å². The van der Waals surface area contributed by atoms with Gasteiger partial charge in [0.05, 0.1) is 35.2 Å². The van der Waals surface area contributed by atoms with Crippen LogP contribution in [0.3, 0.4) is 0 Å². The van der Waals surface area contributed by atoms with Crippen LogP contribution < -0.4 is 5.32 Å². The molecule has 1 amide bonds. The lowest BCUT2D eigenvalue weighted by atomic mass is 10.1. The number of halogens is 4. The number of thioether (sulfide) groups is 1. The Morgan fingerprint density at radius 3 is 2.66 bits per heavy atom. The van der Waals surface area contributed by atoms with Gasteiger partial charge in [0.2, 0.25) is 5.91 Å². The molecule has 0 unspecified atom stereocenters. The Bertz CT molecular complexity index is 1100. The SMILES string of the molecule is COCCn1c(SCC(=O)Nc2c(Cl)cccc2C(F)(F)F)nnc1-c1cccc(C)c1. The van der Waals surface area contributed by atoms with Crippen LogP contribution in [0.15, 0.2) is 47.6 Å². The Labute approximate surface area is 192 Å². The number of carbonyl (C=O) groups excluding carboxylic acids is 1. The summed E-state index contributed by atoms with van der Waals surface area (Å²) >= 11 is 6.96. The van der Waals surface area contributed by atoms with Crippen molar-refractivity contribution in [1.29, 1.82) is 0 Å². The lowest BCUT2D eigenvalue weighted by molar-refractivity contribution is -0.137. The van der Waals surface area contributed by atoms with E-state index < -0.39 is 23.3 Å². The fourth-order valence-corrected chi connectivity index (χ4v) is 3.96. The van der Waals surface area contributed by atoms with E-state index in [1.807, 2.05) is 35.8 Å². The molecule has 6 nitrogen and oxygen atoms in total. The molecule has 0 aliphatic carbocycles. The highest BCUT2D eigenvalue weighted by Gasteiger charge is 2.34. The summed E-state index contributed by atoms with van der Waals surface area (Å²) in [5, 5.41) is 10.9. The third-order valence-electron chi connectivity index (χ3n) is 4.43. The first-order valence-corrected chi connectivity index (χ1v) is 10.8. The molecule has 0 saturated heterocycles. The molecule has 0 aliphatic heterocycles. The molecule has 11 heteroatoms. The number of nitrogens with one attached hydrogen (secondary N) is 1. The molecule has 2 aromatic carbocycles. The Morgan fingerprint density at radius 1 is 1.22 bits per heavy atom. The van der Waals surface area contributed by atoms with Gasteiger partial charge in [-0.3, -0.25) is 9.36 Å². The maximum Gasteiger partial charge on any atom is 0.418 e. The number of methoxy groups -OCH3 is 1. The van der Waals surface area contributed by atoms with Gasteiger partial charge in [-0.1, -0.05) is 53.2 Å². The number of nitrogens with zero attached hydrogens (tertiary/aromatic N) is 3. The van der Waals surface area contributed by atoms with Crippen molar-refractivity contribution in [3.8, 4) is 11.4 Å². The van der Waals surface area contributed by atoms with Crippen LogP contribution >= 0.6 is 23.4 Å². The molecule has 0 fully saturated rings. The molecule has 1 heterocycles. The maximum absolute atomic E-state index is 13.2. The summed E-state index contributed by atoms with van der Waals surface area (Å²) in [6.45, 7) is 2.80. The second-order valence-corrected chi connectivity index (χ2v) is 8.17. The molecule has 1 N–H and O–H groups in total. The summed E-state index contributed by atoms with van der Waals surface area (Å²) in [5.74, 6) is -0.215. The molecular weight excluding hydrogens is 465 g/mol. The molecule has 3 rings (SSSR count). The van der Waals surface area contributed by atoms with Crippen molar-refractivity contribution in [1.82, 2.24) is 14.8 Å². The molecule has 3 aromatic rings. The number of hydrogen-bond acceptors (Lipinski definition) is 5. The number of amides is 1. The smallest absolute Gasteiger partial charge is 0.383 e. The topological polar surface area (TPSA) is 69.0 Å². The second kappa shape index (κ2) is 10.4. The van der Waals surface area contributed by atoms with E-state index in [0.29, 0.717) is 24.1 Å². The molecule has 0 saturated carbocycles. The molecule has 170 valence electrons. The van der Waals surface area contributed by atoms with Crippen molar-refractivity contribution >= 4 is 35.0 Å². The van der Waals surface area contributed by atoms with Crippen molar-refractivity contribution < 1.29 is 22.7 Å². The van der Waals surface area contributed by atoms with E-state index in [9.17, 15) is 18.0 Å². The van der Waals surface area contributed by atoms with Gasteiger partial charge < -0.3 is 10.1 Å². The van der Waals surface area contributed by atoms with Gasteiger partial charge in [-0.15, -0.1) is 10.2 Å². The molecule has 32 heavy (non-hydrogen) atoms. The number of hydrogen-bond donors (Lipinski definition) is 1. The molecule has 0 aliphatic rings. The van der Waals surface area contributed by atoms with Gasteiger partial charge in [0.15, 0.2) is 11.0 Å². The normalized spacial score (nSPS) is 11.6. The predicted molar refractivity (Wildman–Crippen MR) is 118 cm³/mol. The minimum Gasteiger partial charge on any atom is -0.383 e. The number of carbonyl (C=O) groups is 1. The highest BCUT2D eigenvalue weighted by atomic mass is 35.5. The zero-order valence-electron chi connectivity index (χ0n) is 17.2. The highest BCUT2D eigenvalue weighted by molar-refractivity contribution is 7.99. The highest BCUT2D eigenvalue weighted by Crippen LogP contribution is 2.38. The predicted octanol–water partition coefficient (Wildman–Crippen LogP) is 5.30. The number of ether oxygens (including phenoxy) is 1. The molecule has 0 atom stereocenters. The van der Waals surface area contributed by atoms with E-state index in [0.717, 1.165) is 29.0 Å². The largest absolute Gasteiger partial charge is 0.418 e. The number of benzene rings is 2. The van der Waals surface area contributed by atoms with E-state index in [4.69, 9.17) is 16.3 Å². The average Bonchev–Trinajstić information content (AvgIpc) is 3.14. The fraction of sp³-hybridized carbons (Fsp3) is 0.286. The minimum absolute atomic E-state index is 0.179.